The van der Waals surface area contributed by atoms with Gasteiger partial charge in [0.1, 0.15) is 42.4 Å². The van der Waals surface area contributed by atoms with Gasteiger partial charge >= 0.3 is 11.9 Å². The zero-order valence-electron chi connectivity index (χ0n) is 43.0. The Kier molecular flexibility index (Phi) is 20.2. The molecule has 0 radical (unpaired) electrons. The van der Waals surface area contributed by atoms with Crippen molar-refractivity contribution in [2.45, 2.75) is 94.4 Å². The number of carbonyl (C=O) groups is 2. The second-order valence-corrected chi connectivity index (χ2v) is 18.5. The van der Waals surface area contributed by atoms with Crippen LogP contribution in [-0.2, 0) is 80.4 Å². The van der Waals surface area contributed by atoms with E-state index in [1.54, 1.807) is 67.8 Å². The first-order valence-electron chi connectivity index (χ1n) is 25.7. The molecule has 9 rings (SSSR count). The highest BCUT2D eigenvalue weighted by atomic mass is 16.7. The van der Waals surface area contributed by atoms with Gasteiger partial charge in [0, 0.05) is 4.91 Å². The van der Waals surface area contributed by atoms with Gasteiger partial charge in [-0.05, 0) is 69.7 Å². The van der Waals surface area contributed by atoms with Gasteiger partial charge < -0.3 is 52.1 Å². The van der Waals surface area contributed by atoms with Crippen LogP contribution in [0.5, 0.6) is 5.75 Å². The minimum atomic E-state index is -1.59. The molecule has 2 fully saturated rings. The van der Waals surface area contributed by atoms with Crippen molar-refractivity contribution in [3.8, 4) is 5.75 Å². The van der Waals surface area contributed by atoms with Crippen molar-refractivity contribution in [2.75, 3.05) is 20.3 Å². The zero-order valence-corrected chi connectivity index (χ0v) is 43.0. The van der Waals surface area contributed by atoms with Crippen molar-refractivity contribution < 1.29 is 61.7 Å². The van der Waals surface area contributed by atoms with Crippen molar-refractivity contribution >= 4 is 11.9 Å². The monoisotopic (exact) mass is 1060 g/mol. The Morgan fingerprint density at radius 1 is 0.449 bits per heavy atom. The van der Waals surface area contributed by atoms with Gasteiger partial charge in [0.15, 0.2) is 24.7 Å². The average molecular weight is 1060 g/mol. The highest BCUT2D eigenvalue weighted by molar-refractivity contribution is 5.90. The summed E-state index contributed by atoms with van der Waals surface area (Å²) in [4.78, 5) is 31.7. The lowest BCUT2D eigenvalue weighted by Gasteiger charge is -2.49. The number of rotatable bonds is 25. The Bertz CT molecular complexity index is 2940. The summed E-state index contributed by atoms with van der Waals surface area (Å²) in [7, 11) is 1.60. The predicted molar refractivity (Wildman–Crippen MR) is 286 cm³/mol. The highest BCUT2D eigenvalue weighted by Crippen LogP contribution is 2.37. The van der Waals surface area contributed by atoms with Crippen LogP contribution in [0.3, 0.4) is 0 Å². The molecule has 0 N–H and O–H groups in total. The van der Waals surface area contributed by atoms with E-state index >= 15 is 0 Å². The molecule has 0 aromatic heterocycles. The molecule has 0 saturated carbocycles. The number of ether oxygens (including phenoxy) is 11. The van der Waals surface area contributed by atoms with Gasteiger partial charge in [-0.2, -0.15) is 0 Å². The lowest BCUT2D eigenvalue weighted by Crippen LogP contribution is -2.66. The quantitative estimate of drug-likeness (QED) is 0.0228. The first-order chi connectivity index (χ1) is 38.4. The maximum Gasteiger partial charge on any atom is 0.338 e. The number of nitrogens with zero attached hydrogens (tertiary/aromatic N) is 3. The van der Waals surface area contributed by atoms with Gasteiger partial charge in [-0.15, -0.1) is 0 Å². The average Bonchev–Trinajstić information content (AvgIpc) is 3.61. The van der Waals surface area contributed by atoms with Crippen LogP contribution in [0.4, 0.5) is 0 Å². The summed E-state index contributed by atoms with van der Waals surface area (Å²) < 4.78 is 73.0. The fraction of sp³-hybridized carbons (Fsp3) is 0.290. The van der Waals surface area contributed by atoms with Crippen LogP contribution < -0.4 is 4.74 Å². The van der Waals surface area contributed by atoms with Gasteiger partial charge in [-0.1, -0.05) is 175 Å². The molecular weight excluding hydrogens is 995 g/mol. The van der Waals surface area contributed by atoms with E-state index in [1.807, 2.05) is 146 Å². The molecule has 7 aromatic rings. The van der Waals surface area contributed by atoms with Crippen molar-refractivity contribution in [1.29, 1.82) is 0 Å². The minimum absolute atomic E-state index is 0.00190. The van der Waals surface area contributed by atoms with Crippen molar-refractivity contribution in [2.24, 2.45) is 5.11 Å². The lowest BCUT2D eigenvalue weighted by atomic mass is 9.95. The Hall–Kier alpha value is -7.73. The molecule has 10 atom stereocenters. The van der Waals surface area contributed by atoms with Crippen LogP contribution in [-0.4, -0.2) is 93.6 Å². The molecule has 0 bridgehead atoms. The fourth-order valence-electron chi connectivity index (χ4n) is 9.16. The maximum atomic E-state index is 14.5. The van der Waals surface area contributed by atoms with E-state index in [9.17, 15) is 15.1 Å². The fourth-order valence-corrected chi connectivity index (χ4v) is 9.16. The molecule has 7 aromatic carbocycles. The summed E-state index contributed by atoms with van der Waals surface area (Å²) in [6, 6.07) is 62.7. The number of esters is 2. The Labute approximate surface area is 453 Å². The third-order valence-corrected chi connectivity index (χ3v) is 13.1. The number of hydrogen-bond donors (Lipinski definition) is 0. The van der Waals surface area contributed by atoms with Gasteiger partial charge in [0.25, 0.3) is 0 Å². The molecular formula is C62H61N3O13. The largest absolute Gasteiger partial charge is 0.497 e. The molecule has 16 heteroatoms. The second kappa shape index (κ2) is 28.6. The SMILES string of the molecule is COc1ccc(CO[C@H]2[C@@H](O[C@@H]3[C@H](OC(=O)c4ccccc4)[C@@H](OC(=O)c4ccccc4)[C@H](N=[N+]=[N-])O[C@@H]3COCc3ccccc3)O[C@H](COCc3ccccc3)[C@H](OCc3ccccc3)[C@@H]2OCc2ccccc2)cc1. The molecule has 0 aliphatic carbocycles. The summed E-state index contributed by atoms with van der Waals surface area (Å²) in [5.41, 5.74) is 14.8. The van der Waals surface area contributed by atoms with Crippen LogP contribution in [0, 0.1) is 0 Å². The molecule has 0 unspecified atom stereocenters. The second-order valence-electron chi connectivity index (χ2n) is 18.5. The molecule has 0 amide bonds. The van der Waals surface area contributed by atoms with Crippen LogP contribution in [0.15, 0.2) is 211 Å². The summed E-state index contributed by atoms with van der Waals surface area (Å²) >= 11 is 0. The smallest absolute Gasteiger partial charge is 0.338 e. The van der Waals surface area contributed by atoms with Gasteiger partial charge in [-0.3, -0.25) is 0 Å². The third kappa shape index (κ3) is 15.3. The Balaban J connectivity index is 1.15. The summed E-state index contributed by atoms with van der Waals surface area (Å²) in [5.74, 6) is -0.935. The van der Waals surface area contributed by atoms with E-state index in [1.165, 1.54) is 0 Å². The number of carbonyl (C=O) groups excluding carboxylic acids is 2. The molecule has 0 spiro atoms. The minimum Gasteiger partial charge on any atom is -0.497 e. The van der Waals surface area contributed by atoms with Crippen molar-refractivity contribution in [3.05, 3.63) is 256 Å². The van der Waals surface area contributed by atoms with Crippen molar-refractivity contribution in [3.63, 3.8) is 0 Å². The summed E-state index contributed by atoms with van der Waals surface area (Å²) in [5, 5.41) is 3.98. The van der Waals surface area contributed by atoms with Crippen LogP contribution in [0.25, 0.3) is 10.4 Å². The van der Waals surface area contributed by atoms with E-state index in [2.05, 4.69) is 10.0 Å². The number of hydrogen-bond acceptors (Lipinski definition) is 14. The van der Waals surface area contributed by atoms with Crippen LogP contribution in [0.1, 0.15) is 48.5 Å². The van der Waals surface area contributed by atoms with E-state index in [0.29, 0.717) is 5.75 Å². The molecule has 2 saturated heterocycles. The van der Waals surface area contributed by atoms with Crippen LogP contribution in [0.2, 0.25) is 0 Å². The van der Waals surface area contributed by atoms with E-state index in [4.69, 9.17) is 52.1 Å². The van der Waals surface area contributed by atoms with E-state index < -0.39 is 73.3 Å². The zero-order chi connectivity index (χ0) is 53.7. The van der Waals surface area contributed by atoms with E-state index in [-0.39, 0.29) is 57.4 Å². The maximum absolute atomic E-state index is 14.5. The van der Waals surface area contributed by atoms with Crippen LogP contribution >= 0.6 is 0 Å². The normalized spacial score (nSPS) is 22.8. The number of azide groups is 1. The predicted octanol–water partition coefficient (Wildman–Crippen LogP) is 10.8. The Morgan fingerprint density at radius 2 is 0.846 bits per heavy atom. The van der Waals surface area contributed by atoms with Crippen molar-refractivity contribution in [1.82, 2.24) is 0 Å². The molecule has 2 aliphatic rings. The number of methoxy groups -OCH3 is 1. The molecule has 2 aliphatic heterocycles. The Morgan fingerprint density at radius 3 is 1.31 bits per heavy atom. The first kappa shape index (κ1) is 55.0. The molecule has 16 nitrogen and oxygen atoms in total. The molecule has 402 valence electrons. The third-order valence-electron chi connectivity index (χ3n) is 13.1. The topological polar surface area (TPSA) is 184 Å². The summed E-state index contributed by atoms with van der Waals surface area (Å²) in [6.45, 7) is 0.541. The summed E-state index contributed by atoms with van der Waals surface area (Å²) in [6.07, 6.45) is -12.5. The number of benzene rings is 7. The van der Waals surface area contributed by atoms with Gasteiger partial charge in [-0.25, -0.2) is 9.59 Å². The molecule has 78 heavy (non-hydrogen) atoms. The van der Waals surface area contributed by atoms with Gasteiger partial charge in [0.2, 0.25) is 0 Å². The first-order valence-corrected chi connectivity index (χ1v) is 25.7. The lowest BCUT2D eigenvalue weighted by molar-refractivity contribution is -0.358. The van der Waals surface area contributed by atoms with Gasteiger partial charge in [0.05, 0.1) is 64.5 Å². The standard InChI is InChI=1S/C62H61N3O13/c1-68-50-34-32-47(33-35-50)40-73-58-55(72-39-46-26-14-5-15-27-46)53(71-38-45-24-12-4-13-25-45)51(41-69-36-43-20-8-2-9-21-43)75-62(58)78-54-52(42-70-37-44-22-10-3-11-23-44)74-59(64-65-63)57(77-61(67)49-30-18-7-19-31-49)56(54)76-60(66)48-28-16-6-17-29-48/h2-35,51-59,62H,36-42H2,1H3/t51-,52-,53+,54+,55+,56+,57-,58-,59-,62-/m1/s1. The van der Waals surface area contributed by atoms with E-state index in [0.717, 1.165) is 27.8 Å². The molecule has 2 heterocycles. The highest BCUT2D eigenvalue weighted by Gasteiger charge is 2.56.